The minimum absolute atomic E-state index is 0.196. The summed E-state index contributed by atoms with van der Waals surface area (Å²) in [5.74, 6) is -0.870. The SMILES string of the molecule is Cc1ccc(-c2cc(C#N)cc3c(=O)n(-c4ccc(O)c(F)c4)c([C@H]4CCCN4)nc23)cn1. The molecule has 0 bridgehead atoms. The van der Waals surface area contributed by atoms with Crippen LogP contribution in [0.15, 0.2) is 53.5 Å². The molecule has 0 amide bonds. The van der Waals surface area contributed by atoms with E-state index < -0.39 is 17.1 Å². The van der Waals surface area contributed by atoms with Gasteiger partial charge in [0.2, 0.25) is 0 Å². The van der Waals surface area contributed by atoms with Gasteiger partial charge in [0.25, 0.3) is 5.56 Å². The Morgan fingerprint density at radius 2 is 2.09 bits per heavy atom. The number of fused-ring (bicyclic) bond motifs is 1. The number of aromatic nitrogens is 3. The number of aryl methyl sites for hydroxylation is 1. The average molecular weight is 441 g/mol. The van der Waals surface area contributed by atoms with E-state index in [0.717, 1.165) is 36.7 Å². The highest BCUT2D eigenvalue weighted by atomic mass is 19.1. The van der Waals surface area contributed by atoms with E-state index in [2.05, 4.69) is 16.4 Å². The fourth-order valence-corrected chi connectivity index (χ4v) is 4.24. The summed E-state index contributed by atoms with van der Waals surface area (Å²) in [6.45, 7) is 2.66. The van der Waals surface area contributed by atoms with Gasteiger partial charge < -0.3 is 10.4 Å². The molecule has 3 heterocycles. The van der Waals surface area contributed by atoms with Gasteiger partial charge in [-0.05, 0) is 56.6 Å². The van der Waals surface area contributed by atoms with Gasteiger partial charge >= 0.3 is 0 Å². The predicted molar refractivity (Wildman–Crippen MR) is 122 cm³/mol. The van der Waals surface area contributed by atoms with Crippen LogP contribution in [-0.4, -0.2) is 26.2 Å². The Hall–Kier alpha value is -4.09. The van der Waals surface area contributed by atoms with Gasteiger partial charge in [0.1, 0.15) is 5.82 Å². The van der Waals surface area contributed by atoms with Crippen molar-refractivity contribution < 1.29 is 9.50 Å². The highest BCUT2D eigenvalue weighted by Crippen LogP contribution is 2.31. The van der Waals surface area contributed by atoms with Crippen molar-refractivity contribution in [3.8, 4) is 28.6 Å². The van der Waals surface area contributed by atoms with Crippen molar-refractivity contribution in [2.45, 2.75) is 25.8 Å². The molecule has 1 atom stereocenters. The van der Waals surface area contributed by atoms with Gasteiger partial charge in [-0.2, -0.15) is 5.26 Å². The van der Waals surface area contributed by atoms with Crippen LogP contribution in [0.2, 0.25) is 0 Å². The first-order valence-corrected chi connectivity index (χ1v) is 10.6. The first kappa shape index (κ1) is 20.8. The second-order valence-corrected chi connectivity index (χ2v) is 8.12. The number of phenolic OH excluding ortho intramolecular Hbond substituents is 1. The lowest BCUT2D eigenvalue weighted by Gasteiger charge is -2.19. The summed E-state index contributed by atoms with van der Waals surface area (Å²) in [5.41, 5.74) is 2.85. The number of hydrogen-bond acceptors (Lipinski definition) is 6. The molecule has 7 nitrogen and oxygen atoms in total. The third-order valence-electron chi connectivity index (χ3n) is 5.91. The van der Waals surface area contributed by atoms with Crippen LogP contribution >= 0.6 is 0 Å². The number of nitrogens with zero attached hydrogens (tertiary/aromatic N) is 4. The largest absolute Gasteiger partial charge is 0.505 e. The van der Waals surface area contributed by atoms with E-state index in [0.29, 0.717) is 22.5 Å². The Balaban J connectivity index is 1.87. The Morgan fingerprint density at radius 3 is 2.76 bits per heavy atom. The number of nitrogens with one attached hydrogen (secondary N) is 1. The van der Waals surface area contributed by atoms with E-state index in [4.69, 9.17) is 4.98 Å². The van der Waals surface area contributed by atoms with Gasteiger partial charge in [-0.25, -0.2) is 9.37 Å². The summed E-state index contributed by atoms with van der Waals surface area (Å²) in [6.07, 6.45) is 3.39. The van der Waals surface area contributed by atoms with Crippen molar-refractivity contribution in [1.29, 1.82) is 5.26 Å². The molecular weight excluding hydrogens is 421 g/mol. The Labute approximate surface area is 188 Å². The molecule has 1 fully saturated rings. The molecular formula is C25H20FN5O2. The number of hydrogen-bond donors (Lipinski definition) is 2. The Kier molecular flexibility index (Phi) is 5.11. The van der Waals surface area contributed by atoms with E-state index in [-0.39, 0.29) is 17.1 Å². The summed E-state index contributed by atoms with van der Waals surface area (Å²) in [4.78, 5) is 23.0. The summed E-state index contributed by atoms with van der Waals surface area (Å²) >= 11 is 0. The van der Waals surface area contributed by atoms with Crippen LogP contribution in [0.5, 0.6) is 5.75 Å². The molecule has 0 radical (unpaired) electrons. The topological polar surface area (TPSA) is 104 Å². The van der Waals surface area contributed by atoms with Gasteiger partial charge in [0, 0.05) is 29.1 Å². The smallest absolute Gasteiger partial charge is 0.266 e. The summed E-state index contributed by atoms with van der Waals surface area (Å²) < 4.78 is 15.6. The van der Waals surface area contributed by atoms with Crippen molar-refractivity contribution in [2.24, 2.45) is 0 Å². The zero-order valence-electron chi connectivity index (χ0n) is 17.8. The van der Waals surface area contributed by atoms with Crippen molar-refractivity contribution in [2.75, 3.05) is 6.54 Å². The van der Waals surface area contributed by atoms with Crippen molar-refractivity contribution in [1.82, 2.24) is 19.9 Å². The van der Waals surface area contributed by atoms with E-state index >= 15 is 0 Å². The van der Waals surface area contributed by atoms with Gasteiger partial charge in [-0.3, -0.25) is 14.3 Å². The Bertz CT molecular complexity index is 1480. The molecule has 164 valence electrons. The van der Waals surface area contributed by atoms with Crippen LogP contribution in [0.25, 0.3) is 27.7 Å². The number of pyridine rings is 1. The van der Waals surface area contributed by atoms with Gasteiger partial charge in [0.05, 0.1) is 34.3 Å². The van der Waals surface area contributed by atoms with Crippen molar-refractivity contribution in [3.63, 3.8) is 0 Å². The van der Waals surface area contributed by atoms with Crippen LogP contribution in [0, 0.1) is 24.1 Å². The standard InChI is InChI=1S/C25H20FN5O2/c1-14-4-5-16(13-29-14)18-9-15(12-27)10-19-23(18)30-24(21-3-2-8-28-21)31(25(19)33)17-6-7-22(32)20(26)11-17/h4-7,9-11,13,21,28,32H,2-3,8H2,1H3/t21-/m1/s1. The molecule has 0 unspecified atom stereocenters. The first-order chi connectivity index (χ1) is 16.0. The minimum Gasteiger partial charge on any atom is -0.505 e. The highest BCUT2D eigenvalue weighted by Gasteiger charge is 2.25. The van der Waals surface area contributed by atoms with Crippen molar-refractivity contribution >= 4 is 10.9 Å². The number of benzene rings is 2. The second-order valence-electron chi connectivity index (χ2n) is 8.12. The molecule has 8 heteroatoms. The van der Waals surface area contributed by atoms with Gasteiger partial charge in [-0.1, -0.05) is 6.07 Å². The van der Waals surface area contributed by atoms with E-state index in [1.165, 1.54) is 22.8 Å². The lowest BCUT2D eigenvalue weighted by atomic mass is 10.00. The lowest BCUT2D eigenvalue weighted by molar-refractivity contribution is 0.432. The predicted octanol–water partition coefficient (Wildman–Crippen LogP) is 3.90. The van der Waals surface area contributed by atoms with Gasteiger partial charge in [-0.15, -0.1) is 0 Å². The molecule has 1 aliphatic rings. The third-order valence-corrected chi connectivity index (χ3v) is 5.91. The molecule has 1 saturated heterocycles. The summed E-state index contributed by atoms with van der Waals surface area (Å²) in [6, 6.07) is 12.7. The number of rotatable bonds is 3. The third kappa shape index (κ3) is 3.62. The quantitative estimate of drug-likeness (QED) is 0.500. The van der Waals surface area contributed by atoms with Crippen LogP contribution in [0.1, 0.15) is 36.0 Å². The number of phenols is 1. The molecule has 5 rings (SSSR count). The van der Waals surface area contributed by atoms with Gasteiger partial charge in [0.15, 0.2) is 11.6 Å². The lowest BCUT2D eigenvalue weighted by Crippen LogP contribution is -2.29. The normalized spacial score (nSPS) is 15.6. The molecule has 4 aromatic rings. The molecule has 0 spiro atoms. The summed E-state index contributed by atoms with van der Waals surface area (Å²) in [5, 5.41) is 22.8. The molecule has 2 aromatic heterocycles. The average Bonchev–Trinajstić information content (AvgIpc) is 3.36. The van der Waals surface area contributed by atoms with Crippen LogP contribution in [0.4, 0.5) is 4.39 Å². The minimum atomic E-state index is -0.831. The van der Waals surface area contributed by atoms with Crippen molar-refractivity contribution in [3.05, 3.63) is 81.9 Å². The molecule has 33 heavy (non-hydrogen) atoms. The number of halogens is 1. The molecule has 1 aliphatic heterocycles. The number of nitriles is 1. The van der Waals surface area contributed by atoms with E-state index in [1.54, 1.807) is 12.3 Å². The fraction of sp³-hybridized carbons (Fsp3) is 0.200. The number of aromatic hydroxyl groups is 1. The zero-order valence-corrected chi connectivity index (χ0v) is 17.8. The highest BCUT2D eigenvalue weighted by molar-refractivity contribution is 5.94. The monoisotopic (exact) mass is 441 g/mol. The summed E-state index contributed by atoms with van der Waals surface area (Å²) in [7, 11) is 0. The molecule has 0 saturated carbocycles. The second kappa shape index (κ2) is 8.11. The van der Waals surface area contributed by atoms with E-state index in [1.807, 2.05) is 19.1 Å². The van der Waals surface area contributed by atoms with Crippen LogP contribution in [-0.2, 0) is 0 Å². The molecule has 2 aromatic carbocycles. The maximum absolute atomic E-state index is 14.2. The Morgan fingerprint density at radius 1 is 1.24 bits per heavy atom. The molecule has 0 aliphatic carbocycles. The van der Waals surface area contributed by atoms with E-state index in [9.17, 15) is 19.6 Å². The maximum Gasteiger partial charge on any atom is 0.266 e. The fourth-order valence-electron chi connectivity index (χ4n) is 4.24. The molecule has 2 N–H and O–H groups in total. The first-order valence-electron chi connectivity index (χ1n) is 10.6. The maximum atomic E-state index is 14.2. The van der Waals surface area contributed by atoms with Crippen LogP contribution in [0.3, 0.4) is 0 Å². The van der Waals surface area contributed by atoms with Crippen LogP contribution < -0.4 is 10.9 Å². The zero-order chi connectivity index (χ0) is 23.1.